The Labute approximate surface area is 124 Å². The molecule has 1 heterocycles. The van der Waals surface area contributed by atoms with Gasteiger partial charge in [-0.1, -0.05) is 37.3 Å². The summed E-state index contributed by atoms with van der Waals surface area (Å²) in [5.74, 6) is 0.398. The van der Waals surface area contributed by atoms with E-state index >= 15 is 0 Å². The zero-order valence-corrected chi connectivity index (χ0v) is 12.1. The summed E-state index contributed by atoms with van der Waals surface area (Å²) in [7, 11) is 0. The van der Waals surface area contributed by atoms with Crippen LogP contribution in [-0.2, 0) is 4.79 Å². The van der Waals surface area contributed by atoms with Crippen molar-refractivity contribution >= 4 is 5.97 Å². The fraction of sp³-hybridized carbons (Fsp3) is 0.412. The molecule has 0 aliphatic heterocycles. The van der Waals surface area contributed by atoms with Gasteiger partial charge in [0.2, 0.25) is 0 Å². The molecular weight excluding hydrogens is 264 g/mol. The van der Waals surface area contributed by atoms with E-state index in [9.17, 15) is 9.90 Å². The molecule has 3 atom stereocenters. The summed E-state index contributed by atoms with van der Waals surface area (Å²) >= 11 is 0. The third kappa shape index (κ3) is 2.71. The zero-order chi connectivity index (χ0) is 14.8. The van der Waals surface area contributed by atoms with Crippen LogP contribution in [0.3, 0.4) is 0 Å². The van der Waals surface area contributed by atoms with Gasteiger partial charge in [0.15, 0.2) is 0 Å². The number of hydrogen-bond acceptors (Lipinski definition) is 2. The van der Waals surface area contributed by atoms with E-state index in [0.29, 0.717) is 5.92 Å². The fourth-order valence-electron chi connectivity index (χ4n) is 3.34. The van der Waals surface area contributed by atoms with Crippen molar-refractivity contribution in [3.05, 3.63) is 42.7 Å². The molecule has 2 aromatic rings. The second kappa shape index (κ2) is 5.72. The first-order chi connectivity index (χ1) is 10.2. The molecule has 4 nitrogen and oxygen atoms in total. The number of rotatable bonds is 3. The Hall–Kier alpha value is -2.10. The lowest BCUT2D eigenvalue weighted by Gasteiger charge is -2.34. The van der Waals surface area contributed by atoms with Crippen LogP contribution in [0.5, 0.6) is 0 Å². The minimum absolute atomic E-state index is 0.0102. The Morgan fingerprint density at radius 3 is 2.76 bits per heavy atom. The first-order valence-electron chi connectivity index (χ1n) is 7.48. The van der Waals surface area contributed by atoms with Gasteiger partial charge in [-0.3, -0.25) is 4.79 Å². The second-order valence-electron chi connectivity index (χ2n) is 5.95. The highest BCUT2D eigenvalue weighted by molar-refractivity contribution is 5.71. The van der Waals surface area contributed by atoms with Crippen LogP contribution in [0, 0.1) is 11.8 Å². The SMILES string of the molecule is CC1CCC(C(=O)O)C(n2ccnc2-c2ccccc2)C1. The van der Waals surface area contributed by atoms with Gasteiger partial charge < -0.3 is 9.67 Å². The maximum Gasteiger partial charge on any atom is 0.308 e. The topological polar surface area (TPSA) is 55.1 Å². The maximum absolute atomic E-state index is 11.6. The molecule has 1 fully saturated rings. The first-order valence-corrected chi connectivity index (χ1v) is 7.48. The van der Waals surface area contributed by atoms with E-state index in [-0.39, 0.29) is 12.0 Å². The van der Waals surface area contributed by atoms with Crippen LogP contribution in [0.4, 0.5) is 0 Å². The average Bonchev–Trinajstić information content (AvgIpc) is 2.97. The van der Waals surface area contributed by atoms with E-state index in [1.165, 1.54) is 0 Å². The van der Waals surface area contributed by atoms with Crippen LogP contribution < -0.4 is 0 Å². The van der Waals surface area contributed by atoms with E-state index < -0.39 is 5.97 Å². The molecule has 1 N–H and O–H groups in total. The number of carboxylic acid groups (broad SMARTS) is 1. The van der Waals surface area contributed by atoms with Gasteiger partial charge in [-0.25, -0.2) is 4.98 Å². The van der Waals surface area contributed by atoms with Crippen LogP contribution in [0.25, 0.3) is 11.4 Å². The Balaban J connectivity index is 1.99. The van der Waals surface area contributed by atoms with E-state index in [2.05, 4.69) is 16.5 Å². The summed E-state index contributed by atoms with van der Waals surface area (Å²) in [6.07, 6.45) is 6.31. The number of imidazole rings is 1. The Bertz CT molecular complexity index is 621. The van der Waals surface area contributed by atoms with Gasteiger partial charge in [-0.05, 0) is 25.2 Å². The van der Waals surface area contributed by atoms with Gasteiger partial charge in [0.25, 0.3) is 0 Å². The quantitative estimate of drug-likeness (QED) is 0.936. The monoisotopic (exact) mass is 284 g/mol. The number of carboxylic acids is 1. The lowest BCUT2D eigenvalue weighted by molar-refractivity contribution is -0.144. The highest BCUT2D eigenvalue weighted by Gasteiger charge is 2.35. The van der Waals surface area contributed by atoms with Crippen LogP contribution in [0.15, 0.2) is 42.7 Å². The maximum atomic E-state index is 11.6. The van der Waals surface area contributed by atoms with Gasteiger partial charge in [0.05, 0.1) is 5.92 Å². The van der Waals surface area contributed by atoms with Crippen molar-refractivity contribution in [1.29, 1.82) is 0 Å². The third-order valence-corrected chi connectivity index (χ3v) is 4.45. The number of nitrogens with zero attached hydrogens (tertiary/aromatic N) is 2. The lowest BCUT2D eigenvalue weighted by Crippen LogP contribution is -2.32. The minimum atomic E-state index is -0.695. The Kier molecular flexibility index (Phi) is 3.78. The summed E-state index contributed by atoms with van der Waals surface area (Å²) < 4.78 is 2.06. The van der Waals surface area contributed by atoms with E-state index in [1.54, 1.807) is 6.20 Å². The molecule has 3 rings (SSSR count). The molecule has 1 aliphatic rings. The predicted molar refractivity (Wildman–Crippen MR) is 80.8 cm³/mol. The molecule has 0 amide bonds. The van der Waals surface area contributed by atoms with E-state index in [1.807, 2.05) is 36.5 Å². The summed E-state index contributed by atoms with van der Waals surface area (Å²) in [5.41, 5.74) is 1.03. The molecule has 110 valence electrons. The Morgan fingerprint density at radius 2 is 2.05 bits per heavy atom. The summed E-state index contributed by atoms with van der Waals surface area (Å²) in [6, 6.07) is 9.95. The first kappa shape index (κ1) is 13.9. The molecule has 21 heavy (non-hydrogen) atoms. The predicted octanol–water partition coefficient (Wildman–Crippen LogP) is 3.61. The van der Waals surface area contributed by atoms with Crippen molar-refractivity contribution in [2.24, 2.45) is 11.8 Å². The van der Waals surface area contributed by atoms with Gasteiger partial charge in [-0.2, -0.15) is 0 Å². The van der Waals surface area contributed by atoms with Crippen LogP contribution in [0.2, 0.25) is 0 Å². The summed E-state index contributed by atoms with van der Waals surface area (Å²) in [4.78, 5) is 16.0. The molecule has 0 saturated heterocycles. The Morgan fingerprint density at radius 1 is 1.29 bits per heavy atom. The van der Waals surface area contributed by atoms with Gasteiger partial charge in [-0.15, -0.1) is 0 Å². The molecule has 1 saturated carbocycles. The molecule has 0 radical (unpaired) electrons. The highest BCUT2D eigenvalue weighted by atomic mass is 16.4. The molecule has 1 aromatic carbocycles. The van der Waals surface area contributed by atoms with Crippen molar-refractivity contribution in [2.45, 2.75) is 32.2 Å². The summed E-state index contributed by atoms with van der Waals surface area (Å²) in [6.45, 7) is 2.20. The molecule has 0 spiro atoms. The number of benzene rings is 1. The number of carbonyl (C=O) groups is 1. The zero-order valence-electron chi connectivity index (χ0n) is 12.1. The van der Waals surface area contributed by atoms with E-state index in [0.717, 1.165) is 30.7 Å². The molecule has 3 unspecified atom stereocenters. The normalized spacial score (nSPS) is 25.7. The minimum Gasteiger partial charge on any atom is -0.481 e. The largest absolute Gasteiger partial charge is 0.481 e. The number of hydrogen-bond donors (Lipinski definition) is 1. The van der Waals surface area contributed by atoms with E-state index in [4.69, 9.17) is 0 Å². The molecule has 0 bridgehead atoms. The van der Waals surface area contributed by atoms with Gasteiger partial charge in [0, 0.05) is 24.0 Å². The van der Waals surface area contributed by atoms with Crippen molar-refractivity contribution in [1.82, 2.24) is 9.55 Å². The average molecular weight is 284 g/mol. The van der Waals surface area contributed by atoms with Crippen LogP contribution in [0.1, 0.15) is 32.2 Å². The molecule has 1 aliphatic carbocycles. The standard InChI is InChI=1S/C17H20N2O2/c1-12-7-8-14(17(20)21)15(11-12)19-10-9-18-16(19)13-5-3-2-4-6-13/h2-6,9-10,12,14-15H,7-8,11H2,1H3,(H,20,21). The number of aromatic nitrogens is 2. The summed E-state index contributed by atoms with van der Waals surface area (Å²) in [5, 5.41) is 9.52. The van der Waals surface area contributed by atoms with Crippen molar-refractivity contribution < 1.29 is 9.90 Å². The lowest BCUT2D eigenvalue weighted by atomic mass is 9.79. The third-order valence-electron chi connectivity index (χ3n) is 4.45. The molecule has 4 heteroatoms. The van der Waals surface area contributed by atoms with Gasteiger partial charge >= 0.3 is 5.97 Å². The molecule has 1 aromatic heterocycles. The van der Waals surface area contributed by atoms with Gasteiger partial charge in [0.1, 0.15) is 5.82 Å². The smallest absolute Gasteiger partial charge is 0.308 e. The highest BCUT2D eigenvalue weighted by Crippen LogP contribution is 2.39. The van der Waals surface area contributed by atoms with Crippen LogP contribution >= 0.6 is 0 Å². The second-order valence-corrected chi connectivity index (χ2v) is 5.95. The fourth-order valence-corrected chi connectivity index (χ4v) is 3.34. The molecular formula is C17H20N2O2. The number of aliphatic carboxylic acids is 1. The van der Waals surface area contributed by atoms with Crippen molar-refractivity contribution in [3.63, 3.8) is 0 Å². The van der Waals surface area contributed by atoms with Crippen molar-refractivity contribution in [2.75, 3.05) is 0 Å². The van der Waals surface area contributed by atoms with Crippen molar-refractivity contribution in [3.8, 4) is 11.4 Å². The van der Waals surface area contributed by atoms with Crippen LogP contribution in [-0.4, -0.2) is 20.6 Å².